The number of benzene rings is 2. The molecule has 0 bridgehead atoms. The molecule has 0 N–H and O–H groups in total. The van der Waals surface area contributed by atoms with Gasteiger partial charge in [-0.25, -0.2) is 8.42 Å². The van der Waals surface area contributed by atoms with Crippen LogP contribution in [0, 0.1) is 0 Å². The lowest BCUT2D eigenvalue weighted by atomic mass is 10.1. The van der Waals surface area contributed by atoms with Crippen molar-refractivity contribution >= 4 is 39.1 Å². The van der Waals surface area contributed by atoms with Crippen molar-refractivity contribution in [3.8, 4) is 5.75 Å². The van der Waals surface area contributed by atoms with Gasteiger partial charge in [0.05, 0.1) is 42.0 Å². The normalized spacial score (nSPS) is 18.3. The highest BCUT2D eigenvalue weighted by molar-refractivity contribution is 7.89. The van der Waals surface area contributed by atoms with Crippen LogP contribution in [0.1, 0.15) is 19.4 Å². The van der Waals surface area contributed by atoms with Gasteiger partial charge in [0.15, 0.2) is 0 Å². The number of morpholine rings is 1. The van der Waals surface area contributed by atoms with E-state index in [2.05, 4.69) is 0 Å². The van der Waals surface area contributed by atoms with Crippen LogP contribution in [0.2, 0.25) is 10.0 Å². The molecule has 3 rings (SSSR count). The first-order valence-corrected chi connectivity index (χ1v) is 13.2. The van der Waals surface area contributed by atoms with Crippen molar-refractivity contribution < 1.29 is 27.4 Å². The van der Waals surface area contributed by atoms with Gasteiger partial charge in [0.25, 0.3) is 0 Å². The third kappa shape index (κ3) is 6.87. The van der Waals surface area contributed by atoms with Gasteiger partial charge in [0, 0.05) is 20.1 Å². The molecule has 1 saturated heterocycles. The average molecular weight is 545 g/mol. The quantitative estimate of drug-likeness (QED) is 0.476. The maximum Gasteiger partial charge on any atom is 0.248 e. The number of carbonyl (C=O) groups is 1. The minimum Gasteiger partial charge on any atom is -0.497 e. The van der Waals surface area contributed by atoms with Gasteiger partial charge in [-0.2, -0.15) is 4.31 Å². The van der Waals surface area contributed by atoms with Gasteiger partial charge >= 0.3 is 0 Å². The van der Waals surface area contributed by atoms with Crippen LogP contribution in [0.15, 0.2) is 47.4 Å². The van der Waals surface area contributed by atoms with E-state index in [0.29, 0.717) is 6.54 Å². The second-order valence-corrected chi connectivity index (χ2v) is 11.6. The molecule has 0 unspecified atom stereocenters. The van der Waals surface area contributed by atoms with E-state index in [1.165, 1.54) is 16.4 Å². The lowest BCUT2D eigenvalue weighted by molar-refractivity contribution is -0.138. The van der Waals surface area contributed by atoms with Crippen molar-refractivity contribution in [3.63, 3.8) is 0 Å². The number of hydrogen-bond acceptors (Lipinski definition) is 6. The van der Waals surface area contributed by atoms with E-state index in [1.54, 1.807) is 39.0 Å². The molecular weight excluding hydrogens is 515 g/mol. The summed E-state index contributed by atoms with van der Waals surface area (Å²) < 4.78 is 45.0. The number of hydrogen-bond donors (Lipinski definition) is 0. The first-order chi connectivity index (χ1) is 16.4. The zero-order valence-electron chi connectivity index (χ0n) is 20.2. The minimum atomic E-state index is -4.05. The van der Waals surface area contributed by atoms with Gasteiger partial charge in [-0.05, 0) is 43.7 Å². The number of likely N-dealkylation sites (N-methyl/N-ethyl adjacent to an activating group) is 1. The van der Waals surface area contributed by atoms with E-state index >= 15 is 0 Å². The van der Waals surface area contributed by atoms with Crippen LogP contribution in [-0.2, 0) is 30.8 Å². The van der Waals surface area contributed by atoms with Crippen LogP contribution < -0.4 is 4.74 Å². The van der Waals surface area contributed by atoms with Crippen LogP contribution >= 0.6 is 23.2 Å². The fourth-order valence-electron chi connectivity index (χ4n) is 3.70. The van der Waals surface area contributed by atoms with Crippen LogP contribution in [0.5, 0.6) is 5.75 Å². The van der Waals surface area contributed by atoms with Crippen molar-refractivity contribution in [1.29, 1.82) is 0 Å². The second-order valence-electron chi connectivity index (χ2n) is 8.94. The number of sulfonamides is 1. The number of amides is 1. The molecule has 0 spiro atoms. The SMILES string of the molecule is COc1ccc(CN(C)C(=O)COC[C@@H]2COC(C)(C)CN2S(=O)(=O)c2c(Cl)cccc2Cl)cc1. The maximum absolute atomic E-state index is 13.5. The summed E-state index contributed by atoms with van der Waals surface area (Å²) in [6, 6.07) is 11.3. The predicted octanol–water partition coefficient (Wildman–Crippen LogP) is 3.85. The monoisotopic (exact) mass is 544 g/mol. The number of ether oxygens (including phenoxy) is 3. The van der Waals surface area contributed by atoms with Crippen molar-refractivity contribution in [1.82, 2.24) is 9.21 Å². The molecule has 1 aliphatic rings. The summed E-state index contributed by atoms with van der Waals surface area (Å²) in [5.41, 5.74) is 0.226. The van der Waals surface area contributed by atoms with Gasteiger partial charge in [0.2, 0.25) is 15.9 Å². The number of nitrogens with zero attached hydrogens (tertiary/aromatic N) is 2. The highest BCUT2D eigenvalue weighted by atomic mass is 35.5. The summed E-state index contributed by atoms with van der Waals surface area (Å²) in [7, 11) is -0.781. The molecule has 8 nitrogen and oxygen atoms in total. The van der Waals surface area contributed by atoms with E-state index in [4.69, 9.17) is 37.4 Å². The molecular formula is C24H30Cl2N2O6S. The standard InChI is InChI=1S/C24H30Cl2N2O6S/c1-24(2)16-28(35(30,31)23-20(25)6-5-7-21(23)26)18(14-34-24)13-33-15-22(29)27(3)12-17-8-10-19(32-4)11-9-17/h5-11,18H,12-16H2,1-4H3/t18-/m1/s1. The van der Waals surface area contributed by atoms with E-state index in [-0.39, 0.29) is 47.2 Å². The molecule has 192 valence electrons. The smallest absolute Gasteiger partial charge is 0.248 e. The van der Waals surface area contributed by atoms with Crippen LogP contribution in [0.25, 0.3) is 0 Å². The third-order valence-corrected chi connectivity index (χ3v) is 8.49. The molecule has 1 aliphatic heterocycles. The summed E-state index contributed by atoms with van der Waals surface area (Å²) in [5.74, 6) is 0.503. The lowest BCUT2D eigenvalue weighted by Crippen LogP contribution is -2.57. The van der Waals surface area contributed by atoms with E-state index < -0.39 is 21.7 Å². The van der Waals surface area contributed by atoms with Gasteiger partial charge in [-0.15, -0.1) is 0 Å². The van der Waals surface area contributed by atoms with Crippen LogP contribution in [0.4, 0.5) is 0 Å². The Morgan fingerprint density at radius 3 is 2.40 bits per heavy atom. The van der Waals surface area contributed by atoms with Crippen LogP contribution in [0.3, 0.4) is 0 Å². The molecule has 0 saturated carbocycles. The topological polar surface area (TPSA) is 85.4 Å². The number of halogens is 2. The fraction of sp³-hybridized carbons (Fsp3) is 0.458. The summed E-state index contributed by atoms with van der Waals surface area (Å²) in [6.45, 7) is 3.96. The average Bonchev–Trinajstić information content (AvgIpc) is 2.79. The van der Waals surface area contributed by atoms with Gasteiger partial charge in [-0.3, -0.25) is 4.79 Å². The summed E-state index contributed by atoms with van der Waals surface area (Å²) in [6.07, 6.45) is 0. The maximum atomic E-state index is 13.5. The lowest BCUT2D eigenvalue weighted by Gasteiger charge is -2.42. The van der Waals surface area contributed by atoms with E-state index in [1.807, 2.05) is 24.3 Å². The Morgan fingerprint density at radius 1 is 1.17 bits per heavy atom. The molecule has 0 radical (unpaired) electrons. The molecule has 1 amide bonds. The highest BCUT2D eigenvalue weighted by Crippen LogP contribution is 2.35. The Kier molecular flexibility index (Phi) is 9.06. The number of rotatable bonds is 9. The molecule has 2 aromatic carbocycles. The summed E-state index contributed by atoms with van der Waals surface area (Å²) in [4.78, 5) is 14.0. The Hall–Kier alpha value is -1.88. The molecule has 11 heteroatoms. The molecule has 35 heavy (non-hydrogen) atoms. The molecule has 2 aromatic rings. The second kappa shape index (κ2) is 11.5. The molecule has 1 fully saturated rings. The van der Waals surface area contributed by atoms with Gasteiger partial charge < -0.3 is 19.1 Å². The van der Waals surface area contributed by atoms with Crippen molar-refractivity contribution in [2.24, 2.45) is 0 Å². The number of methoxy groups -OCH3 is 1. The zero-order chi connectivity index (χ0) is 25.8. The Bertz CT molecular complexity index is 1120. The highest BCUT2D eigenvalue weighted by Gasteiger charge is 2.42. The predicted molar refractivity (Wildman–Crippen MR) is 134 cm³/mol. The zero-order valence-corrected chi connectivity index (χ0v) is 22.5. The molecule has 0 aliphatic carbocycles. The largest absolute Gasteiger partial charge is 0.497 e. The summed E-state index contributed by atoms with van der Waals surface area (Å²) in [5, 5.41) is 0.0774. The molecule has 1 atom stereocenters. The summed E-state index contributed by atoms with van der Waals surface area (Å²) >= 11 is 12.4. The van der Waals surface area contributed by atoms with Gasteiger partial charge in [-0.1, -0.05) is 41.4 Å². The Labute approximate surface area is 216 Å². The van der Waals surface area contributed by atoms with Gasteiger partial charge in [0.1, 0.15) is 17.3 Å². The fourth-order valence-corrected chi connectivity index (χ4v) is 6.54. The minimum absolute atomic E-state index is 0.0283. The van der Waals surface area contributed by atoms with E-state index in [0.717, 1.165) is 11.3 Å². The van der Waals surface area contributed by atoms with Crippen molar-refractivity contribution in [2.45, 2.75) is 36.9 Å². The Morgan fingerprint density at radius 2 is 1.80 bits per heavy atom. The number of carbonyl (C=O) groups excluding carboxylic acids is 1. The van der Waals surface area contributed by atoms with Crippen LogP contribution in [-0.4, -0.2) is 75.7 Å². The van der Waals surface area contributed by atoms with E-state index in [9.17, 15) is 13.2 Å². The first kappa shape index (κ1) is 27.7. The first-order valence-electron chi connectivity index (χ1n) is 11.0. The molecule has 1 heterocycles. The van der Waals surface area contributed by atoms with Crippen molar-refractivity contribution in [3.05, 3.63) is 58.1 Å². The third-order valence-electron chi connectivity index (χ3n) is 5.64. The Balaban J connectivity index is 1.66. The molecule has 0 aromatic heterocycles. The van der Waals surface area contributed by atoms with Crippen molar-refractivity contribution in [2.75, 3.05) is 40.5 Å².